The van der Waals surface area contributed by atoms with E-state index < -0.39 is 6.43 Å². The molecule has 0 aliphatic carbocycles. The number of hydrogen-bond acceptors (Lipinski definition) is 6. The van der Waals surface area contributed by atoms with Gasteiger partial charge in [-0.05, 0) is 43.1 Å². The molecule has 1 fully saturated rings. The number of nitrogens with one attached hydrogen (secondary N) is 2. The number of urea groups is 1. The molecular weight excluding hydrogens is 388 g/mol. The lowest BCUT2D eigenvalue weighted by molar-refractivity contribution is 0.0671. The fourth-order valence-electron chi connectivity index (χ4n) is 3.32. The van der Waals surface area contributed by atoms with Gasteiger partial charge < -0.3 is 10.1 Å². The van der Waals surface area contributed by atoms with Crippen LogP contribution in [0.25, 0.3) is 0 Å². The third-order valence-corrected chi connectivity index (χ3v) is 5.45. The van der Waals surface area contributed by atoms with Crippen LogP contribution in [0.5, 0.6) is 5.75 Å². The summed E-state index contributed by atoms with van der Waals surface area (Å²) >= 11 is 1.21. The van der Waals surface area contributed by atoms with Crippen molar-refractivity contribution in [2.24, 2.45) is 0 Å². The second-order valence-electron chi connectivity index (χ2n) is 6.71. The van der Waals surface area contributed by atoms with Crippen molar-refractivity contribution in [1.29, 1.82) is 0 Å². The molecule has 1 aliphatic rings. The summed E-state index contributed by atoms with van der Waals surface area (Å²) < 4.78 is 34.9. The first-order chi connectivity index (χ1) is 13.4. The number of alkyl halides is 2. The molecule has 0 bridgehead atoms. The zero-order valence-electron chi connectivity index (χ0n) is 15.7. The summed E-state index contributed by atoms with van der Waals surface area (Å²) in [6.07, 6.45) is -0.245. The van der Waals surface area contributed by atoms with E-state index in [1.165, 1.54) is 11.5 Å². The van der Waals surface area contributed by atoms with E-state index in [2.05, 4.69) is 20.0 Å². The number of aryl methyl sites for hydroxylation is 1. The molecule has 2 aromatic heterocycles. The van der Waals surface area contributed by atoms with Crippen molar-refractivity contribution in [2.75, 3.05) is 32.1 Å². The fourth-order valence-corrected chi connectivity index (χ4v) is 3.98. The summed E-state index contributed by atoms with van der Waals surface area (Å²) in [6, 6.07) is 4.83. The number of ether oxygens (including phenoxy) is 1. The van der Waals surface area contributed by atoms with Crippen molar-refractivity contribution < 1.29 is 18.3 Å². The van der Waals surface area contributed by atoms with Gasteiger partial charge in [-0.3, -0.25) is 15.2 Å². The Morgan fingerprint density at radius 3 is 2.89 bits per heavy atom. The van der Waals surface area contributed by atoms with E-state index in [9.17, 15) is 13.6 Å². The number of anilines is 1. The number of methoxy groups -OCH3 is 1. The molecule has 1 saturated heterocycles. The molecule has 0 saturated carbocycles. The van der Waals surface area contributed by atoms with Crippen LogP contribution >= 0.6 is 11.5 Å². The van der Waals surface area contributed by atoms with E-state index in [1.54, 1.807) is 30.3 Å². The average molecular weight is 411 g/mol. The predicted octanol–water partition coefficient (Wildman–Crippen LogP) is 3.10. The molecule has 3 rings (SSSR count). The minimum atomic E-state index is -2.40. The van der Waals surface area contributed by atoms with Crippen LogP contribution in [-0.2, 0) is 0 Å². The molecule has 0 aromatic carbocycles. The van der Waals surface area contributed by atoms with Gasteiger partial charge in [-0.2, -0.15) is 4.37 Å². The van der Waals surface area contributed by atoms with Crippen molar-refractivity contribution in [2.45, 2.75) is 31.7 Å². The van der Waals surface area contributed by atoms with Crippen LogP contribution in [0.3, 0.4) is 0 Å². The van der Waals surface area contributed by atoms with Gasteiger partial charge in [0.25, 0.3) is 6.43 Å². The number of carbonyl (C=O) groups excluding carboxylic acids is 1. The Balaban J connectivity index is 1.71. The first-order valence-electron chi connectivity index (χ1n) is 8.96. The molecule has 2 aromatic rings. The highest BCUT2D eigenvalue weighted by molar-refractivity contribution is 7.10. The third-order valence-electron chi connectivity index (χ3n) is 4.65. The maximum Gasteiger partial charge on any atom is 0.320 e. The standard InChI is InChI=1S/C18H23F2N5O2S/c1-11-7-17(28-24-11)23-18(26)22-15-5-6-25(10-16(19)20)9-13(15)14-4-3-12(27-2)8-21-14/h3-4,7-8,13,15-16H,5-6,9-10H2,1-2H3,(H2,22,23,26). The summed E-state index contributed by atoms with van der Waals surface area (Å²) in [6.45, 7) is 2.45. The summed E-state index contributed by atoms with van der Waals surface area (Å²) in [5.74, 6) is 0.416. The van der Waals surface area contributed by atoms with Gasteiger partial charge in [-0.1, -0.05) is 0 Å². The summed E-state index contributed by atoms with van der Waals surface area (Å²) in [7, 11) is 1.55. The number of rotatable bonds is 6. The van der Waals surface area contributed by atoms with E-state index in [0.29, 0.717) is 30.3 Å². The quantitative estimate of drug-likeness (QED) is 0.764. The van der Waals surface area contributed by atoms with E-state index in [0.717, 1.165) is 11.4 Å². The van der Waals surface area contributed by atoms with E-state index in [1.807, 2.05) is 13.0 Å². The van der Waals surface area contributed by atoms with Crippen LogP contribution in [0, 0.1) is 6.92 Å². The molecule has 0 radical (unpaired) electrons. The fraction of sp³-hybridized carbons (Fsp3) is 0.500. The van der Waals surface area contributed by atoms with Crippen LogP contribution in [0.15, 0.2) is 24.4 Å². The predicted molar refractivity (Wildman–Crippen MR) is 103 cm³/mol. The Labute approximate surface area is 166 Å². The molecule has 2 N–H and O–H groups in total. The Morgan fingerprint density at radius 2 is 2.29 bits per heavy atom. The van der Waals surface area contributed by atoms with Crippen molar-refractivity contribution in [1.82, 2.24) is 19.6 Å². The minimum absolute atomic E-state index is 0.202. The summed E-state index contributed by atoms with van der Waals surface area (Å²) in [5, 5.41) is 6.40. The van der Waals surface area contributed by atoms with E-state index in [4.69, 9.17) is 4.74 Å². The van der Waals surface area contributed by atoms with Crippen molar-refractivity contribution >= 4 is 22.6 Å². The molecule has 1 aliphatic heterocycles. The number of hydrogen-bond donors (Lipinski definition) is 2. The zero-order valence-corrected chi connectivity index (χ0v) is 16.5. The second kappa shape index (κ2) is 9.24. The smallest absolute Gasteiger partial charge is 0.320 e. The van der Waals surface area contributed by atoms with E-state index in [-0.39, 0.29) is 24.5 Å². The molecule has 3 heterocycles. The number of nitrogens with zero attached hydrogens (tertiary/aromatic N) is 3. The molecule has 28 heavy (non-hydrogen) atoms. The first-order valence-corrected chi connectivity index (χ1v) is 9.73. The van der Waals surface area contributed by atoms with Gasteiger partial charge in [0.2, 0.25) is 0 Å². The lowest BCUT2D eigenvalue weighted by atomic mass is 9.89. The molecule has 0 spiro atoms. The Kier molecular flexibility index (Phi) is 6.74. The monoisotopic (exact) mass is 411 g/mol. The normalized spacial score (nSPS) is 20.2. The van der Waals surface area contributed by atoms with Crippen molar-refractivity contribution in [3.8, 4) is 5.75 Å². The second-order valence-corrected chi connectivity index (χ2v) is 7.51. The third kappa shape index (κ3) is 5.35. The maximum absolute atomic E-state index is 12.8. The topological polar surface area (TPSA) is 79.4 Å². The number of aromatic nitrogens is 2. The molecule has 10 heteroatoms. The molecule has 7 nitrogen and oxygen atoms in total. The van der Waals surface area contributed by atoms with Crippen LogP contribution in [-0.4, -0.2) is 59.5 Å². The number of halogens is 2. The maximum atomic E-state index is 12.8. The van der Waals surface area contributed by atoms with Crippen LogP contribution in [0.4, 0.5) is 18.6 Å². The number of piperidine rings is 1. The van der Waals surface area contributed by atoms with Gasteiger partial charge in [-0.25, -0.2) is 13.6 Å². The lowest BCUT2D eigenvalue weighted by Gasteiger charge is -2.38. The Bertz CT molecular complexity index is 787. The average Bonchev–Trinajstić information content (AvgIpc) is 3.07. The zero-order chi connectivity index (χ0) is 20.1. The largest absolute Gasteiger partial charge is 0.495 e. The van der Waals surface area contributed by atoms with E-state index >= 15 is 0 Å². The van der Waals surface area contributed by atoms with Crippen LogP contribution in [0.1, 0.15) is 23.7 Å². The molecular formula is C18H23F2N5O2S. The molecule has 2 unspecified atom stereocenters. The lowest BCUT2D eigenvalue weighted by Crippen LogP contribution is -2.51. The van der Waals surface area contributed by atoms with Gasteiger partial charge in [-0.15, -0.1) is 0 Å². The molecule has 2 atom stereocenters. The van der Waals surface area contributed by atoms with Crippen molar-refractivity contribution in [3.05, 3.63) is 35.8 Å². The van der Waals surface area contributed by atoms with Gasteiger partial charge >= 0.3 is 6.03 Å². The number of carbonyl (C=O) groups is 1. The van der Waals surface area contributed by atoms with Crippen LogP contribution < -0.4 is 15.4 Å². The number of likely N-dealkylation sites (tertiary alicyclic amines) is 1. The summed E-state index contributed by atoms with van der Waals surface area (Å²) in [5.41, 5.74) is 1.57. The highest BCUT2D eigenvalue weighted by Gasteiger charge is 2.33. The molecule has 2 amide bonds. The van der Waals surface area contributed by atoms with Gasteiger partial charge in [0.15, 0.2) is 0 Å². The number of amides is 2. The van der Waals surface area contributed by atoms with Crippen LogP contribution in [0.2, 0.25) is 0 Å². The number of pyridine rings is 1. The van der Waals surface area contributed by atoms with Crippen molar-refractivity contribution in [3.63, 3.8) is 0 Å². The summed E-state index contributed by atoms with van der Waals surface area (Å²) in [4.78, 5) is 18.5. The highest BCUT2D eigenvalue weighted by atomic mass is 32.1. The van der Waals surface area contributed by atoms with Gasteiger partial charge in [0, 0.05) is 30.7 Å². The Morgan fingerprint density at radius 1 is 1.46 bits per heavy atom. The van der Waals surface area contributed by atoms with Gasteiger partial charge in [0.1, 0.15) is 10.8 Å². The minimum Gasteiger partial charge on any atom is -0.495 e. The highest BCUT2D eigenvalue weighted by Crippen LogP contribution is 2.28. The first kappa shape index (κ1) is 20.4. The SMILES string of the molecule is COc1ccc(C2CN(CC(F)F)CCC2NC(=O)Nc2cc(C)ns2)nc1. The van der Waals surface area contributed by atoms with Gasteiger partial charge in [0.05, 0.1) is 25.5 Å². The molecule has 152 valence electrons. The Hall–Kier alpha value is -2.33.